The lowest BCUT2D eigenvalue weighted by Crippen LogP contribution is -2.45. The Kier molecular flexibility index (Phi) is 3.30. The Morgan fingerprint density at radius 2 is 2.53 bits per heavy atom. The molecule has 88 valence electrons. The van der Waals surface area contributed by atoms with Crippen LogP contribution < -0.4 is 0 Å². The minimum absolute atomic E-state index is 0.208. The molecule has 1 saturated heterocycles. The third kappa shape index (κ3) is 2.57. The molecule has 1 aromatic heterocycles. The van der Waals surface area contributed by atoms with Gasteiger partial charge in [0.1, 0.15) is 0 Å². The second-order valence-electron chi connectivity index (χ2n) is 3.61. The van der Waals surface area contributed by atoms with Gasteiger partial charge in [-0.2, -0.15) is 9.65 Å². The van der Waals surface area contributed by atoms with E-state index in [0.717, 1.165) is 6.07 Å². The van der Waals surface area contributed by atoms with Crippen molar-refractivity contribution in [1.82, 2.24) is 9.88 Å². The van der Waals surface area contributed by atoms with Crippen LogP contribution in [-0.2, 0) is 4.74 Å². The van der Waals surface area contributed by atoms with E-state index in [1.165, 1.54) is 17.2 Å². The molecule has 0 radical (unpaired) electrons. The van der Waals surface area contributed by atoms with E-state index in [4.69, 9.17) is 10.00 Å². The molecule has 17 heavy (non-hydrogen) atoms. The number of amides is 1. The average Bonchev–Trinajstić information content (AvgIpc) is 2.38. The van der Waals surface area contributed by atoms with Crippen LogP contribution in [0.5, 0.6) is 0 Å². The molecular weight excluding hydrogens is 225 g/mol. The molecular formula is C11H10FN3O2. The first-order valence-corrected chi connectivity index (χ1v) is 5.13. The van der Waals surface area contributed by atoms with E-state index < -0.39 is 12.1 Å². The molecule has 1 atom stereocenters. The molecule has 6 heteroatoms. The largest absolute Gasteiger partial charge is 0.360 e. The summed E-state index contributed by atoms with van der Waals surface area (Å²) in [5, 5.41) is 8.72. The average molecular weight is 235 g/mol. The lowest BCUT2D eigenvalue weighted by Gasteiger charge is -2.29. The van der Waals surface area contributed by atoms with Gasteiger partial charge in [-0.1, -0.05) is 0 Å². The maximum atomic E-state index is 12.9. The molecule has 0 N–H and O–H groups in total. The normalized spacial score (nSPS) is 19.8. The molecule has 0 bridgehead atoms. The Balaban J connectivity index is 2.12. The number of ether oxygens (including phenoxy) is 1. The Labute approximate surface area is 97.4 Å². The van der Waals surface area contributed by atoms with Gasteiger partial charge in [-0.3, -0.25) is 4.79 Å². The fraction of sp³-hybridized carbons (Fsp3) is 0.364. The lowest BCUT2D eigenvalue weighted by molar-refractivity contribution is 0.00344. The summed E-state index contributed by atoms with van der Waals surface area (Å²) in [6.07, 6.45) is 0.629. The highest BCUT2D eigenvalue weighted by Gasteiger charge is 2.24. The van der Waals surface area contributed by atoms with E-state index in [9.17, 15) is 9.18 Å². The van der Waals surface area contributed by atoms with Crippen molar-refractivity contribution in [2.75, 3.05) is 19.7 Å². The third-order valence-corrected chi connectivity index (χ3v) is 2.47. The second kappa shape index (κ2) is 4.89. The molecule has 2 heterocycles. The number of aromatic nitrogens is 1. The van der Waals surface area contributed by atoms with Crippen molar-refractivity contribution in [3.8, 4) is 6.07 Å². The van der Waals surface area contributed by atoms with Gasteiger partial charge >= 0.3 is 0 Å². The molecule has 1 fully saturated rings. The Morgan fingerprint density at radius 3 is 3.24 bits per heavy atom. The Bertz CT molecular complexity index is 472. The zero-order valence-corrected chi connectivity index (χ0v) is 8.97. The number of halogens is 1. The molecule has 1 amide bonds. The minimum Gasteiger partial charge on any atom is -0.360 e. The van der Waals surface area contributed by atoms with Crippen LogP contribution in [-0.4, -0.2) is 41.6 Å². The molecule has 0 spiro atoms. The van der Waals surface area contributed by atoms with Gasteiger partial charge in [-0.15, -0.1) is 0 Å². The van der Waals surface area contributed by atoms with Gasteiger partial charge < -0.3 is 9.64 Å². The minimum atomic E-state index is -0.694. The number of pyridine rings is 1. The number of carbonyl (C=O) groups is 1. The van der Waals surface area contributed by atoms with Crippen LogP contribution in [0.2, 0.25) is 0 Å². The van der Waals surface area contributed by atoms with E-state index in [0.29, 0.717) is 13.2 Å². The summed E-state index contributed by atoms with van der Waals surface area (Å²) in [5.74, 6) is -1.00. The zero-order valence-electron chi connectivity index (χ0n) is 8.97. The Morgan fingerprint density at radius 1 is 1.71 bits per heavy atom. The second-order valence-corrected chi connectivity index (χ2v) is 3.61. The number of rotatable bonds is 1. The van der Waals surface area contributed by atoms with Gasteiger partial charge in [-0.25, -0.2) is 4.98 Å². The number of nitrogens with zero attached hydrogens (tertiary/aromatic N) is 3. The SMILES string of the molecule is N#CC1CN(C(=O)c2ccnc(F)c2)CCO1. The van der Waals surface area contributed by atoms with Crippen molar-refractivity contribution in [3.63, 3.8) is 0 Å². The summed E-state index contributed by atoms with van der Waals surface area (Å²) in [6, 6.07) is 4.48. The number of hydrogen-bond donors (Lipinski definition) is 0. The van der Waals surface area contributed by atoms with E-state index in [1.807, 2.05) is 6.07 Å². The van der Waals surface area contributed by atoms with Gasteiger partial charge in [0.25, 0.3) is 5.91 Å². The molecule has 0 aromatic carbocycles. The number of morpholine rings is 1. The third-order valence-electron chi connectivity index (χ3n) is 2.47. The molecule has 1 unspecified atom stereocenters. The van der Waals surface area contributed by atoms with Crippen LogP contribution in [0.4, 0.5) is 4.39 Å². The maximum Gasteiger partial charge on any atom is 0.254 e. The lowest BCUT2D eigenvalue weighted by atomic mass is 10.2. The van der Waals surface area contributed by atoms with Crippen LogP contribution in [0, 0.1) is 17.3 Å². The molecule has 0 saturated carbocycles. The molecule has 1 aliphatic heterocycles. The monoisotopic (exact) mass is 235 g/mol. The first kappa shape index (κ1) is 11.5. The summed E-state index contributed by atoms with van der Waals surface area (Å²) >= 11 is 0. The standard InChI is InChI=1S/C11H10FN3O2/c12-10-5-8(1-2-14-10)11(16)15-3-4-17-9(6-13)7-15/h1-2,5,9H,3-4,7H2. The first-order chi connectivity index (χ1) is 8.20. The molecule has 1 aliphatic rings. The molecule has 2 rings (SSSR count). The van der Waals surface area contributed by atoms with Gasteiger partial charge in [0, 0.05) is 24.4 Å². The molecule has 0 aliphatic carbocycles. The van der Waals surface area contributed by atoms with Crippen molar-refractivity contribution < 1.29 is 13.9 Å². The van der Waals surface area contributed by atoms with Gasteiger partial charge in [-0.05, 0) is 6.07 Å². The van der Waals surface area contributed by atoms with Gasteiger partial charge in [0.05, 0.1) is 19.2 Å². The number of carbonyl (C=O) groups excluding carboxylic acids is 1. The quantitative estimate of drug-likeness (QED) is 0.668. The maximum absolute atomic E-state index is 12.9. The van der Waals surface area contributed by atoms with Crippen molar-refractivity contribution in [2.24, 2.45) is 0 Å². The van der Waals surface area contributed by atoms with Gasteiger partial charge in [0.2, 0.25) is 5.95 Å². The van der Waals surface area contributed by atoms with Crippen molar-refractivity contribution in [1.29, 1.82) is 5.26 Å². The summed E-state index contributed by atoms with van der Waals surface area (Å²) in [5.41, 5.74) is 0.232. The number of hydrogen-bond acceptors (Lipinski definition) is 4. The van der Waals surface area contributed by atoms with E-state index >= 15 is 0 Å². The fourth-order valence-electron chi connectivity index (χ4n) is 1.63. The summed E-state index contributed by atoms with van der Waals surface area (Å²) in [7, 11) is 0. The van der Waals surface area contributed by atoms with Crippen molar-refractivity contribution in [2.45, 2.75) is 6.10 Å². The van der Waals surface area contributed by atoms with E-state index in [2.05, 4.69) is 4.98 Å². The zero-order chi connectivity index (χ0) is 12.3. The van der Waals surface area contributed by atoms with Crippen LogP contribution in [0.3, 0.4) is 0 Å². The van der Waals surface area contributed by atoms with Crippen LogP contribution in [0.15, 0.2) is 18.3 Å². The highest BCUT2D eigenvalue weighted by molar-refractivity contribution is 5.94. The van der Waals surface area contributed by atoms with Crippen LogP contribution in [0.1, 0.15) is 10.4 Å². The van der Waals surface area contributed by atoms with Crippen molar-refractivity contribution >= 4 is 5.91 Å². The molecule has 5 nitrogen and oxygen atoms in total. The van der Waals surface area contributed by atoms with Crippen molar-refractivity contribution in [3.05, 3.63) is 29.8 Å². The molecule has 1 aromatic rings. The van der Waals surface area contributed by atoms with Crippen LogP contribution >= 0.6 is 0 Å². The van der Waals surface area contributed by atoms with Gasteiger partial charge in [0.15, 0.2) is 6.10 Å². The van der Waals surface area contributed by atoms with E-state index in [-0.39, 0.29) is 18.0 Å². The highest BCUT2D eigenvalue weighted by atomic mass is 19.1. The fourth-order valence-corrected chi connectivity index (χ4v) is 1.63. The highest BCUT2D eigenvalue weighted by Crippen LogP contribution is 2.10. The number of nitriles is 1. The van der Waals surface area contributed by atoms with Crippen LogP contribution in [0.25, 0.3) is 0 Å². The smallest absolute Gasteiger partial charge is 0.254 e. The van der Waals surface area contributed by atoms with E-state index in [1.54, 1.807) is 0 Å². The first-order valence-electron chi connectivity index (χ1n) is 5.13. The predicted molar refractivity (Wildman–Crippen MR) is 55.5 cm³/mol. The summed E-state index contributed by atoms with van der Waals surface area (Å²) in [6.45, 7) is 0.928. The Hall–Kier alpha value is -2.00. The summed E-state index contributed by atoms with van der Waals surface area (Å²) in [4.78, 5) is 16.8. The summed E-state index contributed by atoms with van der Waals surface area (Å²) < 4.78 is 18.0. The predicted octanol–water partition coefficient (Wildman–Crippen LogP) is 0.585. The topological polar surface area (TPSA) is 66.2 Å².